The van der Waals surface area contributed by atoms with Gasteiger partial charge in [-0.3, -0.25) is 4.79 Å². The molecule has 0 saturated heterocycles. The third-order valence-electron chi connectivity index (χ3n) is 4.12. The van der Waals surface area contributed by atoms with Gasteiger partial charge < -0.3 is 24.8 Å². The summed E-state index contributed by atoms with van der Waals surface area (Å²) in [5, 5.41) is 5.94. The van der Waals surface area contributed by atoms with Gasteiger partial charge in [-0.05, 0) is 67.6 Å². The Morgan fingerprint density at radius 1 is 0.700 bits per heavy atom. The first-order valence-electron chi connectivity index (χ1n) is 9.90. The molecule has 1 amide bonds. The number of hydrogen-bond donors (Lipinski definition) is 2. The van der Waals surface area contributed by atoms with Gasteiger partial charge in [-0.2, -0.15) is 0 Å². The molecule has 3 rings (SSSR count). The summed E-state index contributed by atoms with van der Waals surface area (Å²) in [6.45, 7) is 3.63. The zero-order chi connectivity index (χ0) is 21.0. The number of benzene rings is 3. The molecule has 0 aliphatic heterocycles. The van der Waals surface area contributed by atoms with Crippen LogP contribution in [0.1, 0.15) is 6.92 Å². The molecule has 0 saturated carbocycles. The second-order valence-electron chi connectivity index (χ2n) is 6.39. The maximum atomic E-state index is 12.1. The minimum atomic E-state index is -0.131. The second kappa shape index (κ2) is 11.4. The molecule has 2 N–H and O–H groups in total. The van der Waals surface area contributed by atoms with E-state index in [1.165, 1.54) is 0 Å². The molecule has 3 aromatic rings. The predicted molar refractivity (Wildman–Crippen MR) is 119 cm³/mol. The second-order valence-corrected chi connectivity index (χ2v) is 6.39. The number of anilines is 2. The Bertz CT molecular complexity index is 897. The van der Waals surface area contributed by atoms with Crippen molar-refractivity contribution < 1.29 is 19.0 Å². The number of carbonyl (C=O) groups is 1. The molecule has 30 heavy (non-hydrogen) atoms. The van der Waals surface area contributed by atoms with Gasteiger partial charge >= 0.3 is 0 Å². The summed E-state index contributed by atoms with van der Waals surface area (Å²) in [4.78, 5) is 12.1. The Labute approximate surface area is 176 Å². The third-order valence-corrected chi connectivity index (χ3v) is 4.12. The maximum Gasteiger partial charge on any atom is 0.243 e. The lowest BCUT2D eigenvalue weighted by molar-refractivity contribution is -0.114. The van der Waals surface area contributed by atoms with E-state index in [4.69, 9.17) is 14.2 Å². The maximum absolute atomic E-state index is 12.1. The first kappa shape index (κ1) is 21.0. The summed E-state index contributed by atoms with van der Waals surface area (Å²) in [5.74, 6) is 2.21. The van der Waals surface area contributed by atoms with E-state index in [-0.39, 0.29) is 12.5 Å². The molecule has 6 heteroatoms. The highest BCUT2D eigenvalue weighted by atomic mass is 16.5. The number of amides is 1. The van der Waals surface area contributed by atoms with Crippen molar-refractivity contribution in [3.8, 4) is 17.2 Å². The molecule has 0 unspecified atom stereocenters. The number of nitrogens with one attached hydrogen (secondary N) is 2. The predicted octanol–water partition coefficient (Wildman–Crippen LogP) is 4.59. The Hall–Kier alpha value is -3.67. The van der Waals surface area contributed by atoms with Crippen molar-refractivity contribution in [3.05, 3.63) is 78.9 Å². The molecular weight excluding hydrogens is 380 g/mol. The van der Waals surface area contributed by atoms with Gasteiger partial charge in [-0.1, -0.05) is 18.2 Å². The van der Waals surface area contributed by atoms with E-state index in [9.17, 15) is 4.79 Å². The highest BCUT2D eigenvalue weighted by Gasteiger charge is 2.03. The molecule has 0 spiro atoms. The first-order chi connectivity index (χ1) is 14.7. The van der Waals surface area contributed by atoms with Crippen molar-refractivity contribution in [2.75, 3.05) is 37.0 Å². The van der Waals surface area contributed by atoms with Gasteiger partial charge in [0, 0.05) is 11.4 Å². The fourth-order valence-electron chi connectivity index (χ4n) is 2.69. The highest BCUT2D eigenvalue weighted by Crippen LogP contribution is 2.17. The normalized spacial score (nSPS) is 10.2. The summed E-state index contributed by atoms with van der Waals surface area (Å²) in [5.41, 5.74) is 1.57. The Morgan fingerprint density at radius 2 is 1.23 bits per heavy atom. The first-order valence-corrected chi connectivity index (χ1v) is 9.90. The zero-order valence-corrected chi connectivity index (χ0v) is 17.0. The van der Waals surface area contributed by atoms with E-state index in [0.29, 0.717) is 25.5 Å². The van der Waals surface area contributed by atoms with Crippen molar-refractivity contribution in [3.63, 3.8) is 0 Å². The molecule has 0 aromatic heterocycles. The van der Waals surface area contributed by atoms with Crippen LogP contribution in [0.15, 0.2) is 78.9 Å². The lowest BCUT2D eigenvalue weighted by Crippen LogP contribution is -2.21. The van der Waals surface area contributed by atoms with Gasteiger partial charge in [0.1, 0.15) is 30.5 Å². The van der Waals surface area contributed by atoms with Gasteiger partial charge in [0.05, 0.1) is 13.2 Å². The SMILES string of the molecule is CCOc1ccc(NCC(=O)Nc2ccc(OCCOc3ccccc3)cc2)cc1. The number of para-hydroxylation sites is 1. The highest BCUT2D eigenvalue weighted by molar-refractivity contribution is 5.93. The van der Waals surface area contributed by atoms with Crippen molar-refractivity contribution in [2.24, 2.45) is 0 Å². The average Bonchev–Trinajstić information content (AvgIpc) is 2.78. The van der Waals surface area contributed by atoms with Crippen LogP contribution in [-0.2, 0) is 4.79 Å². The van der Waals surface area contributed by atoms with Crippen LogP contribution in [-0.4, -0.2) is 32.3 Å². The van der Waals surface area contributed by atoms with Gasteiger partial charge in [0.15, 0.2) is 0 Å². The molecule has 6 nitrogen and oxygen atoms in total. The van der Waals surface area contributed by atoms with Crippen molar-refractivity contribution in [1.82, 2.24) is 0 Å². The Balaban J connectivity index is 1.36. The minimum absolute atomic E-state index is 0.131. The monoisotopic (exact) mass is 406 g/mol. The van der Waals surface area contributed by atoms with Crippen molar-refractivity contribution in [2.45, 2.75) is 6.92 Å². The fourth-order valence-corrected chi connectivity index (χ4v) is 2.69. The molecule has 0 aliphatic carbocycles. The smallest absolute Gasteiger partial charge is 0.243 e. The molecule has 0 fully saturated rings. The average molecular weight is 406 g/mol. The molecule has 156 valence electrons. The van der Waals surface area contributed by atoms with Crippen molar-refractivity contribution >= 4 is 17.3 Å². The molecule has 3 aromatic carbocycles. The van der Waals surface area contributed by atoms with E-state index in [2.05, 4.69) is 10.6 Å². The zero-order valence-electron chi connectivity index (χ0n) is 17.0. The number of hydrogen-bond acceptors (Lipinski definition) is 5. The fraction of sp³-hybridized carbons (Fsp3) is 0.208. The van der Waals surface area contributed by atoms with Crippen LogP contribution in [0.5, 0.6) is 17.2 Å². The summed E-state index contributed by atoms with van der Waals surface area (Å²) in [6.07, 6.45) is 0. The van der Waals surface area contributed by atoms with Gasteiger partial charge in [0.2, 0.25) is 5.91 Å². The Kier molecular flexibility index (Phi) is 7.97. The molecule has 0 aliphatic rings. The molecule has 0 atom stereocenters. The summed E-state index contributed by atoms with van der Waals surface area (Å²) >= 11 is 0. The van der Waals surface area contributed by atoms with Gasteiger partial charge in [-0.15, -0.1) is 0 Å². The number of carbonyl (C=O) groups excluding carboxylic acids is 1. The topological polar surface area (TPSA) is 68.8 Å². The standard InChI is InChI=1S/C24H26N2O4/c1-2-28-22-12-8-19(9-13-22)25-18-24(27)26-20-10-14-23(15-11-20)30-17-16-29-21-6-4-3-5-7-21/h3-15,25H,2,16-18H2,1H3,(H,26,27). The Morgan fingerprint density at radius 3 is 1.83 bits per heavy atom. The summed E-state index contributed by atoms with van der Waals surface area (Å²) in [6, 6.07) is 24.4. The van der Waals surface area contributed by atoms with Crippen LogP contribution in [0.2, 0.25) is 0 Å². The van der Waals surface area contributed by atoms with E-state index >= 15 is 0 Å². The van der Waals surface area contributed by atoms with Gasteiger partial charge in [0.25, 0.3) is 0 Å². The van der Waals surface area contributed by atoms with Gasteiger partial charge in [-0.25, -0.2) is 0 Å². The van der Waals surface area contributed by atoms with Crippen LogP contribution in [0.3, 0.4) is 0 Å². The molecular formula is C24H26N2O4. The number of rotatable bonds is 11. The van der Waals surface area contributed by atoms with Crippen LogP contribution >= 0.6 is 0 Å². The minimum Gasteiger partial charge on any atom is -0.494 e. The number of ether oxygens (including phenoxy) is 3. The van der Waals surface area contributed by atoms with Crippen LogP contribution < -0.4 is 24.8 Å². The van der Waals surface area contributed by atoms with E-state index < -0.39 is 0 Å². The lowest BCUT2D eigenvalue weighted by atomic mass is 10.3. The molecule has 0 radical (unpaired) electrons. The third kappa shape index (κ3) is 7.05. The van der Waals surface area contributed by atoms with E-state index in [1.54, 1.807) is 0 Å². The molecule has 0 bridgehead atoms. The largest absolute Gasteiger partial charge is 0.494 e. The van der Waals surface area contributed by atoms with Crippen LogP contribution in [0, 0.1) is 0 Å². The quantitative estimate of drug-likeness (QED) is 0.456. The van der Waals surface area contributed by atoms with E-state index in [0.717, 1.165) is 22.9 Å². The lowest BCUT2D eigenvalue weighted by Gasteiger charge is -2.10. The molecule has 0 heterocycles. The van der Waals surface area contributed by atoms with Crippen molar-refractivity contribution in [1.29, 1.82) is 0 Å². The van der Waals surface area contributed by atoms with Crippen LogP contribution in [0.4, 0.5) is 11.4 Å². The summed E-state index contributed by atoms with van der Waals surface area (Å²) < 4.78 is 16.7. The van der Waals surface area contributed by atoms with E-state index in [1.807, 2.05) is 85.8 Å². The summed E-state index contributed by atoms with van der Waals surface area (Å²) in [7, 11) is 0. The van der Waals surface area contributed by atoms with Crippen LogP contribution in [0.25, 0.3) is 0 Å².